The molecular weight excluding hydrogens is 177 g/mol. The van der Waals surface area contributed by atoms with Crippen LogP contribution in [0.15, 0.2) is 12.1 Å². The zero-order valence-electron chi connectivity index (χ0n) is 8.81. The first-order valence-electron chi connectivity index (χ1n) is 5.27. The predicted octanol–water partition coefficient (Wildman–Crippen LogP) is 2.91. The molecule has 0 N–H and O–H groups in total. The third-order valence-corrected chi connectivity index (χ3v) is 2.85. The van der Waals surface area contributed by atoms with Gasteiger partial charge in [0.15, 0.2) is 0 Å². The fraction of sp³-hybridized carbons (Fsp3) is 0.500. The maximum absolute atomic E-state index is 13.8. The molecule has 2 heteroatoms. The van der Waals surface area contributed by atoms with Crippen molar-refractivity contribution in [3.8, 4) is 0 Å². The Balaban J connectivity index is 2.41. The van der Waals surface area contributed by atoms with Crippen LogP contribution < -0.4 is 4.90 Å². The first kappa shape index (κ1) is 9.50. The normalized spacial score (nSPS) is 14.6. The molecule has 1 aromatic rings. The molecule has 1 nitrogen and oxygen atoms in total. The van der Waals surface area contributed by atoms with E-state index in [1.165, 1.54) is 5.56 Å². The van der Waals surface area contributed by atoms with Crippen LogP contribution in [0.1, 0.15) is 24.5 Å². The van der Waals surface area contributed by atoms with E-state index in [1.54, 1.807) is 0 Å². The molecule has 0 fully saturated rings. The molecule has 76 valence electrons. The van der Waals surface area contributed by atoms with Gasteiger partial charge in [-0.2, -0.15) is 0 Å². The van der Waals surface area contributed by atoms with Gasteiger partial charge in [-0.15, -0.1) is 0 Å². The molecule has 1 aliphatic rings. The summed E-state index contributed by atoms with van der Waals surface area (Å²) in [6.45, 7) is 5.90. The quantitative estimate of drug-likeness (QED) is 0.698. The number of hydrogen-bond acceptors (Lipinski definition) is 1. The molecule has 0 amide bonds. The zero-order chi connectivity index (χ0) is 10.1. The summed E-state index contributed by atoms with van der Waals surface area (Å²) in [6, 6.07) is 3.94. The van der Waals surface area contributed by atoms with Gasteiger partial charge < -0.3 is 4.90 Å². The van der Waals surface area contributed by atoms with Crippen molar-refractivity contribution < 1.29 is 4.39 Å². The van der Waals surface area contributed by atoms with Crippen LogP contribution in [0.25, 0.3) is 0 Å². The summed E-state index contributed by atoms with van der Waals surface area (Å²) >= 11 is 0. The lowest BCUT2D eigenvalue weighted by atomic mass is 10.1. The molecule has 2 rings (SSSR count). The Hall–Kier alpha value is -1.05. The summed E-state index contributed by atoms with van der Waals surface area (Å²) < 4.78 is 13.8. The lowest BCUT2D eigenvalue weighted by Crippen LogP contribution is -2.22. The Bertz CT molecular complexity index is 344. The highest BCUT2D eigenvalue weighted by molar-refractivity contribution is 5.60. The Morgan fingerprint density at radius 3 is 2.93 bits per heavy atom. The second kappa shape index (κ2) is 3.60. The van der Waals surface area contributed by atoms with Crippen LogP contribution in [0.2, 0.25) is 0 Å². The smallest absolute Gasteiger partial charge is 0.149 e. The topological polar surface area (TPSA) is 3.24 Å². The minimum absolute atomic E-state index is 0.0200. The first-order valence-corrected chi connectivity index (χ1v) is 5.27. The number of fused-ring (bicyclic) bond motifs is 1. The van der Waals surface area contributed by atoms with Crippen LogP contribution in [-0.4, -0.2) is 13.1 Å². The Kier molecular flexibility index (Phi) is 2.44. The van der Waals surface area contributed by atoms with Gasteiger partial charge in [0.05, 0.1) is 5.69 Å². The van der Waals surface area contributed by atoms with E-state index in [0.717, 1.165) is 37.2 Å². The molecule has 0 aliphatic carbocycles. The number of aryl methyl sites for hydroxylation is 1. The van der Waals surface area contributed by atoms with Crippen molar-refractivity contribution in [2.24, 2.45) is 0 Å². The summed E-state index contributed by atoms with van der Waals surface area (Å²) in [7, 11) is 0. The van der Waals surface area contributed by atoms with E-state index in [2.05, 4.69) is 17.9 Å². The molecule has 1 aromatic carbocycles. The molecule has 1 aliphatic heterocycles. The maximum atomic E-state index is 13.8. The fourth-order valence-electron chi connectivity index (χ4n) is 2.11. The molecule has 0 radical (unpaired) electrons. The highest BCUT2D eigenvalue weighted by atomic mass is 19.1. The maximum Gasteiger partial charge on any atom is 0.149 e. The van der Waals surface area contributed by atoms with E-state index >= 15 is 0 Å². The van der Waals surface area contributed by atoms with Crippen LogP contribution in [0, 0.1) is 12.7 Å². The Morgan fingerprint density at radius 1 is 1.43 bits per heavy atom. The van der Waals surface area contributed by atoms with Crippen molar-refractivity contribution in [1.29, 1.82) is 0 Å². The molecular formula is C12H16FN. The van der Waals surface area contributed by atoms with Gasteiger partial charge >= 0.3 is 0 Å². The summed E-state index contributed by atoms with van der Waals surface area (Å²) in [5.74, 6) is -0.0200. The van der Waals surface area contributed by atoms with Crippen molar-refractivity contribution in [2.75, 3.05) is 18.0 Å². The van der Waals surface area contributed by atoms with E-state index in [0.29, 0.717) is 0 Å². The van der Waals surface area contributed by atoms with Crippen molar-refractivity contribution in [3.63, 3.8) is 0 Å². The van der Waals surface area contributed by atoms with E-state index in [1.807, 2.05) is 13.0 Å². The largest absolute Gasteiger partial charge is 0.369 e. The third kappa shape index (κ3) is 1.39. The average molecular weight is 193 g/mol. The monoisotopic (exact) mass is 193 g/mol. The Morgan fingerprint density at radius 2 is 2.21 bits per heavy atom. The number of halogens is 1. The molecule has 0 saturated carbocycles. The van der Waals surface area contributed by atoms with Crippen molar-refractivity contribution in [1.82, 2.24) is 0 Å². The van der Waals surface area contributed by atoms with E-state index in [9.17, 15) is 4.39 Å². The summed E-state index contributed by atoms with van der Waals surface area (Å²) in [4.78, 5) is 2.16. The van der Waals surface area contributed by atoms with Gasteiger partial charge in [-0.25, -0.2) is 4.39 Å². The lowest BCUT2D eigenvalue weighted by molar-refractivity contribution is 0.613. The molecule has 0 atom stereocenters. The molecule has 1 heterocycles. The molecule has 0 spiro atoms. The first-order chi connectivity index (χ1) is 6.74. The van der Waals surface area contributed by atoms with Crippen molar-refractivity contribution in [3.05, 3.63) is 29.1 Å². The minimum atomic E-state index is -0.0200. The fourth-order valence-corrected chi connectivity index (χ4v) is 2.11. The molecule has 0 saturated heterocycles. The van der Waals surface area contributed by atoms with Gasteiger partial charge in [0.2, 0.25) is 0 Å². The van der Waals surface area contributed by atoms with Gasteiger partial charge in [0.1, 0.15) is 5.82 Å². The van der Waals surface area contributed by atoms with Crippen molar-refractivity contribution >= 4 is 5.69 Å². The molecule has 14 heavy (non-hydrogen) atoms. The SMILES string of the molecule is CCCN1CCc2ccc(C)c(F)c21. The standard InChI is InChI=1S/C12H16FN/c1-3-7-14-8-6-10-5-4-9(2)11(13)12(10)14/h4-5H,3,6-8H2,1-2H3. The second-order valence-corrected chi connectivity index (χ2v) is 3.94. The summed E-state index contributed by atoms with van der Waals surface area (Å²) in [5.41, 5.74) is 2.78. The van der Waals surface area contributed by atoms with Gasteiger partial charge in [0, 0.05) is 13.1 Å². The van der Waals surface area contributed by atoms with E-state index in [-0.39, 0.29) is 5.82 Å². The van der Waals surface area contributed by atoms with Crippen molar-refractivity contribution in [2.45, 2.75) is 26.7 Å². The number of benzene rings is 1. The number of rotatable bonds is 2. The number of nitrogens with zero attached hydrogens (tertiary/aromatic N) is 1. The van der Waals surface area contributed by atoms with Crippen LogP contribution in [-0.2, 0) is 6.42 Å². The van der Waals surface area contributed by atoms with Gasteiger partial charge in [0.25, 0.3) is 0 Å². The zero-order valence-corrected chi connectivity index (χ0v) is 8.81. The molecule has 0 unspecified atom stereocenters. The number of anilines is 1. The Labute approximate surface area is 84.5 Å². The lowest BCUT2D eigenvalue weighted by Gasteiger charge is -2.19. The van der Waals surface area contributed by atoms with Crippen LogP contribution in [0.4, 0.5) is 10.1 Å². The molecule has 0 bridgehead atoms. The summed E-state index contributed by atoms with van der Waals surface area (Å²) in [6.07, 6.45) is 2.07. The highest BCUT2D eigenvalue weighted by Crippen LogP contribution is 2.32. The third-order valence-electron chi connectivity index (χ3n) is 2.85. The average Bonchev–Trinajstić information content (AvgIpc) is 2.57. The van der Waals surface area contributed by atoms with Gasteiger partial charge in [-0.05, 0) is 30.9 Å². The van der Waals surface area contributed by atoms with Crippen LogP contribution >= 0.6 is 0 Å². The van der Waals surface area contributed by atoms with Gasteiger partial charge in [-0.1, -0.05) is 19.1 Å². The summed E-state index contributed by atoms with van der Waals surface area (Å²) in [5, 5.41) is 0. The van der Waals surface area contributed by atoms with Gasteiger partial charge in [-0.3, -0.25) is 0 Å². The second-order valence-electron chi connectivity index (χ2n) is 3.94. The van der Waals surface area contributed by atoms with Crippen LogP contribution in [0.5, 0.6) is 0 Å². The minimum Gasteiger partial charge on any atom is -0.369 e. The van der Waals surface area contributed by atoms with E-state index in [4.69, 9.17) is 0 Å². The van der Waals surface area contributed by atoms with Crippen LogP contribution in [0.3, 0.4) is 0 Å². The highest BCUT2D eigenvalue weighted by Gasteiger charge is 2.22. The predicted molar refractivity (Wildman–Crippen MR) is 57.3 cm³/mol. The van der Waals surface area contributed by atoms with E-state index < -0.39 is 0 Å². The molecule has 0 aromatic heterocycles. The number of hydrogen-bond donors (Lipinski definition) is 0.